The van der Waals surface area contributed by atoms with Crippen LogP contribution in [0.1, 0.15) is 39.7 Å². The Morgan fingerprint density at radius 3 is 2.32 bits per heavy atom. The zero-order chi connectivity index (χ0) is 19.0. The van der Waals surface area contributed by atoms with E-state index < -0.39 is 5.54 Å². The van der Waals surface area contributed by atoms with Gasteiger partial charge in [-0.15, -0.1) is 11.8 Å². The van der Waals surface area contributed by atoms with Gasteiger partial charge in [0.2, 0.25) is 11.8 Å². The second-order valence-corrected chi connectivity index (χ2v) is 8.55. The van der Waals surface area contributed by atoms with E-state index in [1.807, 2.05) is 45.0 Å². The minimum atomic E-state index is -0.412. The van der Waals surface area contributed by atoms with Gasteiger partial charge in [0, 0.05) is 17.8 Å². The zero-order valence-corrected chi connectivity index (χ0v) is 16.7. The third-order valence-electron chi connectivity index (χ3n) is 3.90. The van der Waals surface area contributed by atoms with Crippen molar-refractivity contribution in [2.45, 2.75) is 51.8 Å². The summed E-state index contributed by atoms with van der Waals surface area (Å²) < 4.78 is 0. The lowest BCUT2D eigenvalue weighted by molar-refractivity contribution is -0.122. The molecule has 140 valence electrons. The van der Waals surface area contributed by atoms with Crippen LogP contribution in [0.5, 0.6) is 0 Å². The number of benzene rings is 1. The van der Waals surface area contributed by atoms with E-state index in [1.54, 1.807) is 0 Å². The topological polar surface area (TPSA) is 84.2 Å². The van der Waals surface area contributed by atoms with Gasteiger partial charge in [-0.25, -0.2) is 0 Å². The summed E-state index contributed by atoms with van der Waals surface area (Å²) in [6.07, 6.45) is 0.820. The van der Waals surface area contributed by atoms with E-state index in [0.717, 1.165) is 17.7 Å². The Labute approximate surface area is 155 Å². The number of nitrogens with two attached hydrogens (primary N) is 1. The monoisotopic (exact) mass is 365 g/mol. The minimum absolute atomic E-state index is 0.0817. The van der Waals surface area contributed by atoms with Crippen LogP contribution >= 0.6 is 11.8 Å². The van der Waals surface area contributed by atoms with Gasteiger partial charge in [0.05, 0.1) is 11.0 Å². The Balaban J connectivity index is 2.46. The van der Waals surface area contributed by atoms with Crippen LogP contribution in [0, 0.1) is 12.8 Å². The van der Waals surface area contributed by atoms with Crippen molar-refractivity contribution >= 4 is 29.3 Å². The fourth-order valence-corrected chi connectivity index (χ4v) is 3.28. The van der Waals surface area contributed by atoms with E-state index in [2.05, 4.69) is 24.5 Å². The third kappa shape index (κ3) is 7.92. The van der Waals surface area contributed by atoms with Crippen molar-refractivity contribution in [1.82, 2.24) is 5.32 Å². The SMILES string of the molecule is Cc1ccc(NC(=O)CSC(C)C(=O)NC(C)(CN)CC(C)C)cc1. The largest absolute Gasteiger partial charge is 0.349 e. The summed E-state index contributed by atoms with van der Waals surface area (Å²) in [5, 5.41) is 5.56. The highest BCUT2D eigenvalue weighted by Crippen LogP contribution is 2.18. The summed E-state index contributed by atoms with van der Waals surface area (Å²) in [6.45, 7) is 10.4. The molecular formula is C19H31N3O2S. The van der Waals surface area contributed by atoms with E-state index >= 15 is 0 Å². The number of nitrogens with one attached hydrogen (secondary N) is 2. The molecule has 6 heteroatoms. The number of amides is 2. The molecule has 1 aromatic carbocycles. The summed E-state index contributed by atoms with van der Waals surface area (Å²) >= 11 is 1.32. The predicted octanol–water partition coefficient (Wildman–Crippen LogP) is 2.93. The number of rotatable bonds is 9. The van der Waals surface area contributed by atoms with E-state index in [9.17, 15) is 9.59 Å². The van der Waals surface area contributed by atoms with Crippen LogP contribution in [-0.4, -0.2) is 34.9 Å². The van der Waals surface area contributed by atoms with Crippen molar-refractivity contribution in [2.24, 2.45) is 11.7 Å². The van der Waals surface area contributed by atoms with Crippen molar-refractivity contribution in [3.8, 4) is 0 Å². The predicted molar refractivity (Wildman–Crippen MR) is 107 cm³/mol. The quantitative estimate of drug-likeness (QED) is 0.628. The lowest BCUT2D eigenvalue weighted by Crippen LogP contribution is -2.54. The molecule has 0 aliphatic carbocycles. The highest BCUT2D eigenvalue weighted by molar-refractivity contribution is 8.01. The first-order chi connectivity index (χ1) is 11.6. The van der Waals surface area contributed by atoms with Gasteiger partial charge in [-0.2, -0.15) is 0 Å². The summed E-state index contributed by atoms with van der Waals surface area (Å²) in [6, 6.07) is 7.63. The van der Waals surface area contributed by atoms with Crippen molar-refractivity contribution in [2.75, 3.05) is 17.6 Å². The van der Waals surface area contributed by atoms with Gasteiger partial charge in [-0.3, -0.25) is 9.59 Å². The van der Waals surface area contributed by atoms with Gasteiger partial charge in [-0.05, 0) is 45.2 Å². The maximum absolute atomic E-state index is 12.4. The van der Waals surface area contributed by atoms with Gasteiger partial charge in [0.15, 0.2) is 0 Å². The second kappa shape index (κ2) is 9.82. The second-order valence-electron chi connectivity index (χ2n) is 7.22. The molecule has 0 spiro atoms. The molecule has 2 amide bonds. The lowest BCUT2D eigenvalue weighted by Gasteiger charge is -2.32. The number of thioether (sulfide) groups is 1. The molecule has 0 radical (unpaired) electrons. The summed E-state index contributed by atoms with van der Waals surface area (Å²) in [5.74, 6) is 0.475. The van der Waals surface area contributed by atoms with Crippen molar-refractivity contribution in [1.29, 1.82) is 0 Å². The van der Waals surface area contributed by atoms with Crippen molar-refractivity contribution < 1.29 is 9.59 Å². The summed E-state index contributed by atoms with van der Waals surface area (Å²) in [4.78, 5) is 24.4. The van der Waals surface area contributed by atoms with E-state index in [1.165, 1.54) is 11.8 Å². The van der Waals surface area contributed by atoms with Crippen LogP contribution in [0.3, 0.4) is 0 Å². The molecule has 0 fully saturated rings. The average molecular weight is 366 g/mol. The van der Waals surface area contributed by atoms with E-state index in [-0.39, 0.29) is 22.8 Å². The Morgan fingerprint density at radius 2 is 1.80 bits per heavy atom. The fourth-order valence-electron chi connectivity index (χ4n) is 2.60. The maximum Gasteiger partial charge on any atom is 0.234 e. The molecule has 0 bridgehead atoms. The molecule has 0 aliphatic heterocycles. The molecule has 0 aromatic heterocycles. The van der Waals surface area contributed by atoms with Crippen molar-refractivity contribution in [3.05, 3.63) is 29.8 Å². The highest BCUT2D eigenvalue weighted by atomic mass is 32.2. The molecular weight excluding hydrogens is 334 g/mol. The molecule has 1 rings (SSSR count). The fraction of sp³-hybridized carbons (Fsp3) is 0.579. The minimum Gasteiger partial charge on any atom is -0.349 e. The van der Waals surface area contributed by atoms with Gasteiger partial charge < -0.3 is 16.4 Å². The Bertz CT molecular complexity index is 575. The van der Waals surface area contributed by atoms with Crippen LogP contribution in [-0.2, 0) is 9.59 Å². The first-order valence-corrected chi connectivity index (χ1v) is 9.70. The summed E-state index contributed by atoms with van der Waals surface area (Å²) in [5.41, 5.74) is 7.33. The average Bonchev–Trinajstić information content (AvgIpc) is 2.53. The molecule has 1 aromatic rings. The van der Waals surface area contributed by atoms with Crippen LogP contribution in [0.15, 0.2) is 24.3 Å². The molecule has 2 atom stereocenters. The standard InChI is InChI=1S/C19H31N3O2S/c1-13(2)10-19(5,12-20)22-18(24)15(4)25-11-17(23)21-16-8-6-14(3)7-9-16/h6-9,13,15H,10-12,20H2,1-5H3,(H,21,23)(H,22,24). The van der Waals surface area contributed by atoms with Crippen molar-refractivity contribution in [3.63, 3.8) is 0 Å². The molecule has 0 heterocycles. The van der Waals surface area contributed by atoms with Crippen LogP contribution < -0.4 is 16.4 Å². The first kappa shape index (κ1) is 21.5. The number of hydrogen-bond donors (Lipinski definition) is 3. The van der Waals surface area contributed by atoms with Crippen LogP contribution in [0.2, 0.25) is 0 Å². The molecule has 5 nitrogen and oxygen atoms in total. The number of carbonyl (C=O) groups excluding carboxylic acids is 2. The van der Waals surface area contributed by atoms with Crippen LogP contribution in [0.25, 0.3) is 0 Å². The number of hydrogen-bond acceptors (Lipinski definition) is 4. The lowest BCUT2D eigenvalue weighted by atomic mass is 9.90. The maximum atomic E-state index is 12.4. The van der Waals surface area contributed by atoms with Gasteiger partial charge >= 0.3 is 0 Å². The number of anilines is 1. The van der Waals surface area contributed by atoms with Crippen LogP contribution in [0.4, 0.5) is 5.69 Å². The molecule has 0 saturated carbocycles. The Morgan fingerprint density at radius 1 is 1.20 bits per heavy atom. The summed E-state index contributed by atoms with van der Waals surface area (Å²) in [7, 11) is 0. The third-order valence-corrected chi connectivity index (χ3v) is 5.05. The Kier molecular flexibility index (Phi) is 8.45. The van der Waals surface area contributed by atoms with Gasteiger partial charge in [-0.1, -0.05) is 31.5 Å². The van der Waals surface area contributed by atoms with Gasteiger partial charge in [0.25, 0.3) is 0 Å². The first-order valence-electron chi connectivity index (χ1n) is 8.65. The Hall–Kier alpha value is -1.53. The number of carbonyl (C=O) groups is 2. The molecule has 2 unspecified atom stereocenters. The van der Waals surface area contributed by atoms with E-state index in [0.29, 0.717) is 12.5 Å². The smallest absolute Gasteiger partial charge is 0.234 e. The zero-order valence-electron chi connectivity index (χ0n) is 15.9. The molecule has 25 heavy (non-hydrogen) atoms. The molecule has 0 aliphatic rings. The van der Waals surface area contributed by atoms with E-state index in [4.69, 9.17) is 5.73 Å². The molecule has 0 saturated heterocycles. The highest BCUT2D eigenvalue weighted by Gasteiger charge is 2.28. The molecule has 4 N–H and O–H groups in total. The normalized spacial score (nSPS) is 14.7. The van der Waals surface area contributed by atoms with Gasteiger partial charge in [0.1, 0.15) is 0 Å². The number of aryl methyl sites for hydroxylation is 1.